The number of aryl methyl sites for hydroxylation is 1. The first-order valence-electron chi connectivity index (χ1n) is 9.56. The van der Waals surface area contributed by atoms with Crippen molar-refractivity contribution in [3.05, 3.63) is 49.3 Å². The minimum atomic E-state index is -0.536. The number of allylic oxidation sites excluding steroid dienone is 2. The highest BCUT2D eigenvalue weighted by Crippen LogP contribution is 2.42. The van der Waals surface area contributed by atoms with Gasteiger partial charge in [-0.2, -0.15) is 5.26 Å². The minimum Gasteiger partial charge on any atom is -0.463 e. The van der Waals surface area contributed by atoms with E-state index in [0.29, 0.717) is 27.0 Å². The normalized spacial score (nSPS) is 16.0. The summed E-state index contributed by atoms with van der Waals surface area (Å²) in [6.45, 7) is 5.73. The number of anilines is 1. The molecule has 3 rings (SSSR count). The SMILES string of the molecule is CCOC(=O)C1=C(C)NC(SCC(=O)Nc2nnc(CC)s2)=C(C#N)C1c1cccs1. The zero-order chi connectivity index (χ0) is 22.4. The van der Waals surface area contributed by atoms with Gasteiger partial charge in [0.1, 0.15) is 5.01 Å². The number of ether oxygens (including phenoxy) is 1. The molecule has 0 aliphatic carbocycles. The number of carbonyl (C=O) groups excluding carboxylic acids is 2. The highest BCUT2D eigenvalue weighted by molar-refractivity contribution is 8.03. The zero-order valence-corrected chi connectivity index (χ0v) is 19.7. The summed E-state index contributed by atoms with van der Waals surface area (Å²) in [4.78, 5) is 25.9. The minimum absolute atomic E-state index is 0.0771. The van der Waals surface area contributed by atoms with E-state index in [9.17, 15) is 14.9 Å². The van der Waals surface area contributed by atoms with Crippen LogP contribution in [0.3, 0.4) is 0 Å². The van der Waals surface area contributed by atoms with Crippen LogP contribution in [0.25, 0.3) is 0 Å². The van der Waals surface area contributed by atoms with Crippen LogP contribution in [0.15, 0.2) is 39.4 Å². The number of aromatic nitrogens is 2. The molecule has 11 heteroatoms. The van der Waals surface area contributed by atoms with Crippen molar-refractivity contribution < 1.29 is 14.3 Å². The molecule has 0 saturated heterocycles. The Hall–Kier alpha value is -2.68. The van der Waals surface area contributed by atoms with Crippen LogP contribution in [0.2, 0.25) is 0 Å². The summed E-state index contributed by atoms with van der Waals surface area (Å²) in [6.07, 6.45) is 0.753. The van der Waals surface area contributed by atoms with E-state index in [1.807, 2.05) is 24.4 Å². The van der Waals surface area contributed by atoms with Gasteiger partial charge in [0, 0.05) is 10.6 Å². The zero-order valence-electron chi connectivity index (χ0n) is 17.2. The number of esters is 1. The molecule has 3 heterocycles. The molecule has 1 amide bonds. The number of thioether (sulfide) groups is 1. The number of amides is 1. The van der Waals surface area contributed by atoms with Crippen LogP contribution in [0, 0.1) is 11.3 Å². The molecule has 1 aliphatic rings. The number of nitrogens with zero attached hydrogens (tertiary/aromatic N) is 3. The first kappa shape index (κ1) is 23.0. The maximum absolute atomic E-state index is 12.6. The molecule has 2 N–H and O–H groups in total. The van der Waals surface area contributed by atoms with Gasteiger partial charge in [-0.1, -0.05) is 36.1 Å². The van der Waals surface area contributed by atoms with Gasteiger partial charge in [-0.15, -0.1) is 21.5 Å². The van der Waals surface area contributed by atoms with E-state index in [1.165, 1.54) is 34.4 Å². The number of rotatable bonds is 8. The molecular formula is C20H21N5O3S3. The summed E-state index contributed by atoms with van der Waals surface area (Å²) in [7, 11) is 0. The van der Waals surface area contributed by atoms with Crippen molar-refractivity contribution in [2.75, 3.05) is 17.7 Å². The largest absolute Gasteiger partial charge is 0.463 e. The van der Waals surface area contributed by atoms with Gasteiger partial charge in [0.25, 0.3) is 0 Å². The third-order valence-corrected chi connectivity index (χ3v) is 7.27. The van der Waals surface area contributed by atoms with Crippen LogP contribution >= 0.6 is 34.4 Å². The third kappa shape index (κ3) is 5.33. The highest BCUT2D eigenvalue weighted by Gasteiger charge is 2.36. The molecule has 0 bridgehead atoms. The average Bonchev–Trinajstić information content (AvgIpc) is 3.43. The summed E-state index contributed by atoms with van der Waals surface area (Å²) >= 11 is 4.01. The fourth-order valence-corrected chi connectivity index (χ4v) is 5.42. The lowest BCUT2D eigenvalue weighted by Crippen LogP contribution is -2.29. The highest BCUT2D eigenvalue weighted by atomic mass is 32.2. The van der Waals surface area contributed by atoms with E-state index in [-0.39, 0.29) is 18.3 Å². The number of dihydropyridines is 1. The monoisotopic (exact) mass is 475 g/mol. The Bertz CT molecular complexity index is 1070. The summed E-state index contributed by atoms with van der Waals surface area (Å²) in [5.41, 5.74) is 1.41. The van der Waals surface area contributed by atoms with Crippen molar-refractivity contribution in [1.82, 2.24) is 15.5 Å². The number of nitriles is 1. The molecule has 1 atom stereocenters. The quantitative estimate of drug-likeness (QED) is 0.554. The number of thiophene rings is 1. The van der Waals surface area contributed by atoms with Crippen molar-refractivity contribution in [3.8, 4) is 6.07 Å². The molecule has 162 valence electrons. The molecule has 1 aliphatic heterocycles. The first-order valence-corrected chi connectivity index (χ1v) is 12.2. The molecule has 2 aromatic heterocycles. The van der Waals surface area contributed by atoms with Crippen molar-refractivity contribution in [2.45, 2.75) is 33.1 Å². The number of hydrogen-bond donors (Lipinski definition) is 2. The molecule has 2 aromatic rings. The molecule has 0 aromatic carbocycles. The fourth-order valence-electron chi connectivity index (χ4n) is 2.99. The van der Waals surface area contributed by atoms with E-state index in [2.05, 4.69) is 26.9 Å². The standard InChI is InChI=1S/C20H21N5O3S3/c1-4-15-24-25-20(31-15)23-14(26)10-30-18-12(9-21)17(13-7-6-8-29-13)16(11(3)22-18)19(27)28-5-2/h6-8,17,22H,4-5,10H2,1-3H3,(H,23,25,26). The molecule has 0 radical (unpaired) electrons. The Morgan fingerprint density at radius 1 is 1.39 bits per heavy atom. The topological polar surface area (TPSA) is 117 Å². The van der Waals surface area contributed by atoms with Gasteiger partial charge in [-0.3, -0.25) is 10.1 Å². The van der Waals surface area contributed by atoms with E-state index in [0.717, 1.165) is 16.3 Å². The fraction of sp³-hybridized carbons (Fsp3) is 0.350. The van der Waals surface area contributed by atoms with E-state index < -0.39 is 11.9 Å². The van der Waals surface area contributed by atoms with Crippen LogP contribution in [0.5, 0.6) is 0 Å². The maximum atomic E-state index is 12.6. The smallest absolute Gasteiger partial charge is 0.336 e. The van der Waals surface area contributed by atoms with Crippen LogP contribution in [0.4, 0.5) is 5.13 Å². The summed E-state index contributed by atoms with van der Waals surface area (Å²) in [6, 6.07) is 6.00. The van der Waals surface area contributed by atoms with Crippen molar-refractivity contribution in [2.24, 2.45) is 0 Å². The van der Waals surface area contributed by atoms with Crippen LogP contribution < -0.4 is 10.6 Å². The lowest BCUT2D eigenvalue weighted by Gasteiger charge is -2.28. The average molecular weight is 476 g/mol. The second kappa shape index (κ2) is 10.6. The maximum Gasteiger partial charge on any atom is 0.336 e. The predicted octanol–water partition coefficient (Wildman–Crippen LogP) is 3.79. The third-order valence-electron chi connectivity index (χ3n) is 4.33. The van der Waals surface area contributed by atoms with Crippen LogP contribution in [-0.4, -0.2) is 34.4 Å². The Balaban J connectivity index is 1.82. The molecular weight excluding hydrogens is 454 g/mol. The Kier molecular flexibility index (Phi) is 7.84. The number of nitrogens with one attached hydrogen (secondary N) is 2. The molecule has 0 saturated carbocycles. The van der Waals surface area contributed by atoms with Gasteiger partial charge in [-0.05, 0) is 31.7 Å². The number of hydrogen-bond acceptors (Lipinski definition) is 10. The molecule has 1 unspecified atom stereocenters. The van der Waals surface area contributed by atoms with Crippen molar-refractivity contribution >= 4 is 51.4 Å². The second-order valence-corrected chi connectivity index (χ2v) is 9.41. The second-order valence-electron chi connectivity index (χ2n) is 6.38. The van der Waals surface area contributed by atoms with Crippen molar-refractivity contribution in [3.63, 3.8) is 0 Å². The van der Waals surface area contributed by atoms with Gasteiger partial charge >= 0.3 is 5.97 Å². The Morgan fingerprint density at radius 3 is 2.81 bits per heavy atom. The van der Waals surface area contributed by atoms with Gasteiger partial charge < -0.3 is 10.1 Å². The van der Waals surface area contributed by atoms with Crippen LogP contribution in [0.1, 0.15) is 36.6 Å². The molecule has 0 spiro atoms. The Labute approximate surface area is 192 Å². The van der Waals surface area contributed by atoms with E-state index >= 15 is 0 Å². The Morgan fingerprint density at radius 2 is 2.19 bits per heavy atom. The summed E-state index contributed by atoms with van der Waals surface area (Å²) < 4.78 is 5.24. The lowest BCUT2D eigenvalue weighted by atomic mass is 9.87. The lowest BCUT2D eigenvalue weighted by molar-refractivity contribution is -0.138. The molecule has 0 fully saturated rings. The van der Waals surface area contributed by atoms with Crippen molar-refractivity contribution in [1.29, 1.82) is 5.26 Å². The van der Waals surface area contributed by atoms with E-state index in [4.69, 9.17) is 4.74 Å². The van der Waals surface area contributed by atoms with E-state index in [1.54, 1.807) is 13.8 Å². The van der Waals surface area contributed by atoms with Gasteiger partial charge in [0.2, 0.25) is 11.0 Å². The molecule has 8 nitrogen and oxygen atoms in total. The van der Waals surface area contributed by atoms with Gasteiger partial charge in [0.15, 0.2) is 0 Å². The summed E-state index contributed by atoms with van der Waals surface area (Å²) in [5.74, 6) is -1.16. The molecule has 31 heavy (non-hydrogen) atoms. The predicted molar refractivity (Wildman–Crippen MR) is 123 cm³/mol. The van der Waals surface area contributed by atoms with Gasteiger partial charge in [0.05, 0.1) is 40.5 Å². The summed E-state index contributed by atoms with van der Waals surface area (Å²) in [5, 5.41) is 27.5. The number of carbonyl (C=O) groups is 2. The van der Waals surface area contributed by atoms with Crippen LogP contribution in [-0.2, 0) is 20.7 Å². The van der Waals surface area contributed by atoms with Gasteiger partial charge in [-0.25, -0.2) is 4.79 Å². The first-order chi connectivity index (χ1) is 15.0.